The highest BCUT2D eigenvalue weighted by atomic mass is 16.5. The summed E-state index contributed by atoms with van der Waals surface area (Å²) in [6.45, 7) is 8.00. The number of rotatable bonds is 6. The number of hydrogen-bond acceptors (Lipinski definition) is 3. The molecule has 1 aromatic carbocycles. The van der Waals surface area contributed by atoms with Gasteiger partial charge < -0.3 is 15.8 Å². The molecule has 0 saturated carbocycles. The number of nitrogens with two attached hydrogens (primary N) is 1. The highest BCUT2D eigenvalue weighted by molar-refractivity contribution is 5.38. The van der Waals surface area contributed by atoms with Crippen LogP contribution in [0.25, 0.3) is 0 Å². The second-order valence-electron chi connectivity index (χ2n) is 4.83. The first kappa shape index (κ1) is 14.0. The number of benzene rings is 1. The normalized spacial score (nSPS) is 12.8. The third kappa shape index (κ3) is 4.36. The van der Waals surface area contributed by atoms with Crippen molar-refractivity contribution >= 4 is 0 Å². The second kappa shape index (κ2) is 6.62. The Kier molecular flexibility index (Phi) is 5.45. The van der Waals surface area contributed by atoms with Crippen molar-refractivity contribution in [3.63, 3.8) is 0 Å². The SMILES string of the molecule is COc1ccc(C(C)C)cc1CNCC(C)N. The molecule has 3 nitrogen and oxygen atoms in total. The smallest absolute Gasteiger partial charge is 0.123 e. The molecule has 0 aliphatic carbocycles. The molecule has 1 rings (SSSR count). The monoisotopic (exact) mass is 236 g/mol. The highest BCUT2D eigenvalue weighted by Crippen LogP contribution is 2.23. The lowest BCUT2D eigenvalue weighted by molar-refractivity contribution is 0.407. The van der Waals surface area contributed by atoms with E-state index in [0.29, 0.717) is 5.92 Å². The Balaban J connectivity index is 2.75. The van der Waals surface area contributed by atoms with Crippen molar-refractivity contribution in [1.29, 1.82) is 0 Å². The number of methoxy groups -OCH3 is 1. The van der Waals surface area contributed by atoms with Crippen LogP contribution >= 0.6 is 0 Å². The molecule has 0 radical (unpaired) electrons. The molecule has 0 bridgehead atoms. The molecular formula is C14H24N2O. The zero-order chi connectivity index (χ0) is 12.8. The predicted octanol–water partition coefficient (Wildman–Crippen LogP) is 2.26. The maximum atomic E-state index is 5.71. The molecular weight excluding hydrogens is 212 g/mol. The average molecular weight is 236 g/mol. The van der Waals surface area contributed by atoms with E-state index in [1.165, 1.54) is 11.1 Å². The predicted molar refractivity (Wildman–Crippen MR) is 72.4 cm³/mol. The molecule has 3 N–H and O–H groups in total. The van der Waals surface area contributed by atoms with Crippen LogP contribution < -0.4 is 15.8 Å². The van der Waals surface area contributed by atoms with Gasteiger partial charge in [-0.3, -0.25) is 0 Å². The summed E-state index contributed by atoms with van der Waals surface area (Å²) in [7, 11) is 1.71. The van der Waals surface area contributed by atoms with Crippen molar-refractivity contribution < 1.29 is 4.74 Å². The van der Waals surface area contributed by atoms with Gasteiger partial charge in [0.05, 0.1) is 7.11 Å². The molecule has 0 fully saturated rings. The fourth-order valence-corrected chi connectivity index (χ4v) is 1.73. The van der Waals surface area contributed by atoms with Gasteiger partial charge in [-0.25, -0.2) is 0 Å². The van der Waals surface area contributed by atoms with Gasteiger partial charge in [0.2, 0.25) is 0 Å². The van der Waals surface area contributed by atoms with Crippen molar-refractivity contribution in [1.82, 2.24) is 5.32 Å². The summed E-state index contributed by atoms with van der Waals surface area (Å²) in [6.07, 6.45) is 0. The number of ether oxygens (including phenoxy) is 1. The third-order valence-electron chi connectivity index (χ3n) is 2.75. The first-order chi connectivity index (χ1) is 8.04. The molecule has 1 atom stereocenters. The van der Waals surface area contributed by atoms with E-state index < -0.39 is 0 Å². The minimum Gasteiger partial charge on any atom is -0.496 e. The Labute approximate surface area is 104 Å². The standard InChI is InChI=1S/C14H24N2O/c1-10(2)12-5-6-14(17-4)13(7-12)9-16-8-11(3)15/h5-7,10-11,16H,8-9,15H2,1-4H3. The van der Waals surface area contributed by atoms with Gasteiger partial charge in [0.1, 0.15) is 5.75 Å². The van der Waals surface area contributed by atoms with Crippen molar-refractivity contribution in [2.24, 2.45) is 5.73 Å². The van der Waals surface area contributed by atoms with E-state index in [0.717, 1.165) is 18.8 Å². The molecule has 0 saturated heterocycles. The Morgan fingerprint density at radius 1 is 1.29 bits per heavy atom. The van der Waals surface area contributed by atoms with Crippen LogP contribution in [0.4, 0.5) is 0 Å². The largest absolute Gasteiger partial charge is 0.496 e. The van der Waals surface area contributed by atoms with E-state index in [1.54, 1.807) is 7.11 Å². The van der Waals surface area contributed by atoms with Gasteiger partial charge in [-0.15, -0.1) is 0 Å². The van der Waals surface area contributed by atoms with Crippen LogP contribution in [-0.2, 0) is 6.54 Å². The summed E-state index contributed by atoms with van der Waals surface area (Å²) in [5.41, 5.74) is 8.24. The average Bonchev–Trinajstić information content (AvgIpc) is 2.28. The molecule has 1 unspecified atom stereocenters. The summed E-state index contributed by atoms with van der Waals surface area (Å²) in [5, 5.41) is 3.34. The van der Waals surface area contributed by atoms with E-state index in [4.69, 9.17) is 10.5 Å². The van der Waals surface area contributed by atoms with E-state index in [-0.39, 0.29) is 6.04 Å². The van der Waals surface area contributed by atoms with E-state index >= 15 is 0 Å². The molecule has 3 heteroatoms. The molecule has 0 amide bonds. The lowest BCUT2D eigenvalue weighted by Gasteiger charge is -2.14. The van der Waals surface area contributed by atoms with E-state index in [9.17, 15) is 0 Å². The first-order valence-electron chi connectivity index (χ1n) is 6.17. The van der Waals surface area contributed by atoms with Gasteiger partial charge in [0.25, 0.3) is 0 Å². The van der Waals surface area contributed by atoms with Crippen LogP contribution in [0.1, 0.15) is 37.8 Å². The molecule has 17 heavy (non-hydrogen) atoms. The zero-order valence-electron chi connectivity index (χ0n) is 11.3. The summed E-state index contributed by atoms with van der Waals surface area (Å²) in [5.74, 6) is 1.47. The Hall–Kier alpha value is -1.06. The third-order valence-corrected chi connectivity index (χ3v) is 2.75. The summed E-state index contributed by atoms with van der Waals surface area (Å²) < 4.78 is 5.37. The summed E-state index contributed by atoms with van der Waals surface area (Å²) in [6, 6.07) is 6.54. The van der Waals surface area contributed by atoms with Crippen LogP contribution in [0.15, 0.2) is 18.2 Å². The van der Waals surface area contributed by atoms with Gasteiger partial charge in [0.15, 0.2) is 0 Å². The molecule has 0 aliphatic heterocycles. The number of nitrogens with one attached hydrogen (secondary N) is 1. The van der Waals surface area contributed by atoms with Gasteiger partial charge in [-0.05, 0) is 24.5 Å². The first-order valence-corrected chi connectivity index (χ1v) is 6.17. The molecule has 0 spiro atoms. The van der Waals surface area contributed by atoms with Crippen molar-refractivity contribution in [3.8, 4) is 5.75 Å². The molecule has 0 aromatic heterocycles. The quantitative estimate of drug-likeness (QED) is 0.796. The molecule has 96 valence electrons. The second-order valence-corrected chi connectivity index (χ2v) is 4.83. The lowest BCUT2D eigenvalue weighted by Crippen LogP contribution is -2.30. The fraction of sp³-hybridized carbons (Fsp3) is 0.571. The van der Waals surface area contributed by atoms with Gasteiger partial charge >= 0.3 is 0 Å². The van der Waals surface area contributed by atoms with Crippen LogP contribution in [0, 0.1) is 0 Å². The van der Waals surface area contributed by atoms with Crippen molar-refractivity contribution in [2.75, 3.05) is 13.7 Å². The Morgan fingerprint density at radius 3 is 2.53 bits per heavy atom. The molecule has 0 heterocycles. The number of hydrogen-bond donors (Lipinski definition) is 2. The minimum atomic E-state index is 0.175. The van der Waals surface area contributed by atoms with Gasteiger partial charge in [-0.2, -0.15) is 0 Å². The van der Waals surface area contributed by atoms with E-state index in [1.807, 2.05) is 13.0 Å². The fourth-order valence-electron chi connectivity index (χ4n) is 1.73. The lowest BCUT2D eigenvalue weighted by atomic mass is 10.00. The van der Waals surface area contributed by atoms with Crippen LogP contribution in [-0.4, -0.2) is 19.7 Å². The minimum absolute atomic E-state index is 0.175. The molecule has 0 aliphatic rings. The summed E-state index contributed by atoms with van der Waals surface area (Å²) >= 11 is 0. The Bertz CT molecular complexity index is 348. The van der Waals surface area contributed by atoms with Crippen LogP contribution in [0.2, 0.25) is 0 Å². The molecule has 1 aromatic rings. The summed E-state index contributed by atoms with van der Waals surface area (Å²) in [4.78, 5) is 0. The highest BCUT2D eigenvalue weighted by Gasteiger charge is 2.06. The maximum Gasteiger partial charge on any atom is 0.123 e. The van der Waals surface area contributed by atoms with Crippen molar-refractivity contribution in [2.45, 2.75) is 39.3 Å². The Morgan fingerprint density at radius 2 is 2.00 bits per heavy atom. The van der Waals surface area contributed by atoms with Gasteiger partial charge in [0, 0.05) is 24.7 Å². The van der Waals surface area contributed by atoms with Crippen molar-refractivity contribution in [3.05, 3.63) is 29.3 Å². The van der Waals surface area contributed by atoms with Gasteiger partial charge in [-0.1, -0.05) is 26.0 Å². The topological polar surface area (TPSA) is 47.3 Å². The van der Waals surface area contributed by atoms with Crippen LogP contribution in [0.5, 0.6) is 5.75 Å². The zero-order valence-corrected chi connectivity index (χ0v) is 11.3. The van der Waals surface area contributed by atoms with E-state index in [2.05, 4.69) is 31.3 Å². The maximum absolute atomic E-state index is 5.71. The van der Waals surface area contributed by atoms with Crippen LogP contribution in [0.3, 0.4) is 0 Å².